The Bertz CT molecular complexity index is 316. The van der Waals surface area contributed by atoms with Crippen molar-refractivity contribution in [3.63, 3.8) is 0 Å². The molecule has 0 radical (unpaired) electrons. The Balaban J connectivity index is 2.20. The summed E-state index contributed by atoms with van der Waals surface area (Å²) in [6.45, 7) is 3.31. The van der Waals surface area contributed by atoms with Gasteiger partial charge in [0, 0.05) is 18.8 Å². The number of piperidine rings is 1. The summed E-state index contributed by atoms with van der Waals surface area (Å²) in [4.78, 5) is 10.4. The van der Waals surface area contributed by atoms with Crippen molar-refractivity contribution >= 4 is 17.4 Å². The summed E-state index contributed by atoms with van der Waals surface area (Å²) in [7, 11) is 0. The van der Waals surface area contributed by atoms with Crippen LogP contribution in [-0.4, -0.2) is 22.6 Å². The van der Waals surface area contributed by atoms with Gasteiger partial charge in [-0.3, -0.25) is 0 Å². The lowest BCUT2D eigenvalue weighted by Gasteiger charge is -2.34. The summed E-state index contributed by atoms with van der Waals surface area (Å²) in [5.41, 5.74) is 0. The lowest BCUT2D eigenvalue weighted by atomic mass is 10.0. The third kappa shape index (κ3) is 1.98. The number of rotatable bonds is 1. The highest BCUT2D eigenvalue weighted by atomic mass is 35.5. The quantitative estimate of drug-likeness (QED) is 0.669. The maximum Gasteiger partial charge on any atom is 0.224 e. The van der Waals surface area contributed by atoms with E-state index in [1.165, 1.54) is 19.3 Å². The first kappa shape index (κ1) is 9.71. The third-order valence-electron chi connectivity index (χ3n) is 2.71. The second-order valence-corrected chi connectivity index (χ2v) is 4.06. The van der Waals surface area contributed by atoms with E-state index in [1.54, 1.807) is 6.20 Å². The molecule has 4 heteroatoms. The molecule has 1 aliphatic rings. The summed E-state index contributed by atoms with van der Waals surface area (Å²) in [5.74, 6) is 0.956. The Kier molecular flexibility index (Phi) is 2.87. The Morgan fingerprint density at radius 2 is 2.36 bits per heavy atom. The van der Waals surface area contributed by atoms with Crippen LogP contribution in [0.25, 0.3) is 0 Å². The van der Waals surface area contributed by atoms with E-state index in [4.69, 9.17) is 11.6 Å². The van der Waals surface area contributed by atoms with E-state index in [0.717, 1.165) is 12.4 Å². The van der Waals surface area contributed by atoms with Crippen LogP contribution in [0.1, 0.15) is 26.2 Å². The lowest BCUT2D eigenvalue weighted by Crippen LogP contribution is -2.37. The standard InChI is InChI=1S/C10H14ClN3/c1-8-4-2-3-7-14(8)9-5-6-12-10(11)13-9/h5-6,8H,2-4,7H2,1H3/t8-/m1/s1. The number of halogens is 1. The molecule has 3 nitrogen and oxygen atoms in total. The van der Waals surface area contributed by atoms with Gasteiger partial charge in [-0.1, -0.05) is 0 Å². The molecule has 76 valence electrons. The first-order chi connectivity index (χ1) is 6.77. The fourth-order valence-corrected chi connectivity index (χ4v) is 2.07. The van der Waals surface area contributed by atoms with E-state index in [-0.39, 0.29) is 0 Å². The first-order valence-corrected chi connectivity index (χ1v) is 5.40. The highest BCUT2D eigenvalue weighted by Crippen LogP contribution is 2.22. The second kappa shape index (κ2) is 4.13. The summed E-state index contributed by atoms with van der Waals surface area (Å²) in [5, 5.41) is 0.334. The van der Waals surface area contributed by atoms with Gasteiger partial charge in [-0.25, -0.2) is 9.97 Å². The van der Waals surface area contributed by atoms with Gasteiger partial charge in [0.2, 0.25) is 5.28 Å². The number of nitrogens with zero attached hydrogens (tertiary/aromatic N) is 3. The van der Waals surface area contributed by atoms with Crippen LogP contribution in [0.4, 0.5) is 5.82 Å². The predicted octanol–water partition coefficient (Wildman–Crippen LogP) is 2.51. The van der Waals surface area contributed by atoms with Crippen LogP contribution in [0.5, 0.6) is 0 Å². The zero-order chi connectivity index (χ0) is 9.97. The molecule has 0 unspecified atom stereocenters. The molecule has 1 saturated heterocycles. The van der Waals surface area contributed by atoms with Crippen molar-refractivity contribution in [2.75, 3.05) is 11.4 Å². The van der Waals surface area contributed by atoms with Gasteiger partial charge in [0.05, 0.1) is 0 Å². The van der Waals surface area contributed by atoms with Gasteiger partial charge in [0.15, 0.2) is 0 Å². The maximum atomic E-state index is 5.76. The first-order valence-electron chi connectivity index (χ1n) is 5.02. The molecule has 0 aliphatic carbocycles. The number of hydrogen-bond acceptors (Lipinski definition) is 3. The molecule has 1 aromatic heterocycles. The third-order valence-corrected chi connectivity index (χ3v) is 2.89. The minimum Gasteiger partial charge on any atom is -0.354 e. The van der Waals surface area contributed by atoms with Crippen LogP contribution in [-0.2, 0) is 0 Å². The smallest absolute Gasteiger partial charge is 0.224 e. The van der Waals surface area contributed by atoms with E-state index in [2.05, 4.69) is 21.8 Å². The van der Waals surface area contributed by atoms with E-state index in [1.807, 2.05) is 6.07 Å². The summed E-state index contributed by atoms with van der Waals surface area (Å²) in [6, 6.07) is 2.49. The van der Waals surface area contributed by atoms with E-state index < -0.39 is 0 Å². The fraction of sp³-hybridized carbons (Fsp3) is 0.600. The van der Waals surface area contributed by atoms with Crippen LogP contribution in [0.2, 0.25) is 5.28 Å². The lowest BCUT2D eigenvalue weighted by molar-refractivity contribution is 0.481. The van der Waals surface area contributed by atoms with Crippen LogP contribution in [0.15, 0.2) is 12.3 Å². The van der Waals surface area contributed by atoms with Crippen molar-refractivity contribution < 1.29 is 0 Å². The molecule has 0 bridgehead atoms. The van der Waals surface area contributed by atoms with Gasteiger partial charge in [0.1, 0.15) is 5.82 Å². The van der Waals surface area contributed by atoms with Crippen molar-refractivity contribution in [3.8, 4) is 0 Å². The highest BCUT2D eigenvalue weighted by Gasteiger charge is 2.19. The summed E-state index contributed by atoms with van der Waals surface area (Å²) >= 11 is 5.76. The molecule has 14 heavy (non-hydrogen) atoms. The topological polar surface area (TPSA) is 29.0 Å². The average Bonchev–Trinajstić information content (AvgIpc) is 2.18. The number of hydrogen-bond donors (Lipinski definition) is 0. The van der Waals surface area contributed by atoms with Crippen LogP contribution in [0.3, 0.4) is 0 Å². The largest absolute Gasteiger partial charge is 0.354 e. The molecule has 0 spiro atoms. The van der Waals surface area contributed by atoms with E-state index in [9.17, 15) is 0 Å². The van der Waals surface area contributed by atoms with Gasteiger partial charge >= 0.3 is 0 Å². The van der Waals surface area contributed by atoms with Crippen LogP contribution in [0, 0.1) is 0 Å². The SMILES string of the molecule is C[C@@H]1CCCCN1c1ccnc(Cl)n1. The van der Waals surface area contributed by atoms with Gasteiger partial charge in [0.25, 0.3) is 0 Å². The molecule has 1 aliphatic heterocycles. The molecule has 1 fully saturated rings. The van der Waals surface area contributed by atoms with E-state index in [0.29, 0.717) is 11.3 Å². The van der Waals surface area contributed by atoms with Crippen molar-refractivity contribution in [1.29, 1.82) is 0 Å². The van der Waals surface area contributed by atoms with Crippen LogP contribution < -0.4 is 4.90 Å². The Labute approximate surface area is 89.1 Å². The van der Waals surface area contributed by atoms with Crippen molar-refractivity contribution in [2.45, 2.75) is 32.2 Å². The zero-order valence-electron chi connectivity index (χ0n) is 8.28. The van der Waals surface area contributed by atoms with Crippen molar-refractivity contribution in [3.05, 3.63) is 17.5 Å². The van der Waals surface area contributed by atoms with Gasteiger partial charge < -0.3 is 4.90 Å². The molecule has 0 saturated carbocycles. The second-order valence-electron chi connectivity index (χ2n) is 3.72. The van der Waals surface area contributed by atoms with Gasteiger partial charge in [-0.05, 0) is 43.9 Å². The minimum absolute atomic E-state index is 0.334. The summed E-state index contributed by atoms with van der Waals surface area (Å²) < 4.78 is 0. The Morgan fingerprint density at radius 3 is 3.07 bits per heavy atom. The van der Waals surface area contributed by atoms with Crippen molar-refractivity contribution in [1.82, 2.24) is 9.97 Å². The van der Waals surface area contributed by atoms with E-state index >= 15 is 0 Å². The molecular weight excluding hydrogens is 198 g/mol. The zero-order valence-corrected chi connectivity index (χ0v) is 9.04. The fourth-order valence-electron chi connectivity index (χ4n) is 1.92. The summed E-state index contributed by atoms with van der Waals surface area (Å²) in [6.07, 6.45) is 5.51. The van der Waals surface area contributed by atoms with Gasteiger partial charge in [-0.15, -0.1) is 0 Å². The van der Waals surface area contributed by atoms with Crippen molar-refractivity contribution in [2.24, 2.45) is 0 Å². The molecule has 0 N–H and O–H groups in total. The monoisotopic (exact) mass is 211 g/mol. The van der Waals surface area contributed by atoms with Crippen LogP contribution >= 0.6 is 11.6 Å². The molecule has 2 rings (SSSR count). The highest BCUT2D eigenvalue weighted by molar-refractivity contribution is 6.28. The van der Waals surface area contributed by atoms with Gasteiger partial charge in [-0.2, -0.15) is 0 Å². The number of anilines is 1. The Hall–Kier alpha value is -0.830. The minimum atomic E-state index is 0.334. The molecule has 0 amide bonds. The number of aromatic nitrogens is 2. The molecule has 1 atom stereocenters. The average molecular weight is 212 g/mol. The predicted molar refractivity (Wildman–Crippen MR) is 57.7 cm³/mol. The Morgan fingerprint density at radius 1 is 1.50 bits per heavy atom. The maximum absolute atomic E-state index is 5.76. The molecule has 0 aromatic carbocycles. The normalized spacial score (nSPS) is 22.4. The molecule has 1 aromatic rings. The molecule has 2 heterocycles. The molecular formula is C10H14ClN3.